The highest BCUT2D eigenvalue weighted by molar-refractivity contribution is 5.87. The molecule has 0 bridgehead atoms. The summed E-state index contributed by atoms with van der Waals surface area (Å²) in [5.74, 6) is 1.57. The van der Waals surface area contributed by atoms with Crippen molar-refractivity contribution in [2.45, 2.75) is 18.9 Å². The first-order valence-corrected chi connectivity index (χ1v) is 12.0. The summed E-state index contributed by atoms with van der Waals surface area (Å²) >= 11 is 0. The normalized spacial score (nSPS) is 14.6. The number of carbonyl (C=O) groups is 1. The van der Waals surface area contributed by atoms with Crippen molar-refractivity contribution in [2.24, 2.45) is 0 Å². The van der Waals surface area contributed by atoms with Crippen LogP contribution >= 0.6 is 0 Å². The summed E-state index contributed by atoms with van der Waals surface area (Å²) in [4.78, 5) is 18.6. The molecule has 35 heavy (non-hydrogen) atoms. The number of hydrogen-bond acceptors (Lipinski definition) is 4. The first-order valence-electron chi connectivity index (χ1n) is 12.0. The average molecular weight is 471 g/mol. The third-order valence-corrected chi connectivity index (χ3v) is 6.55. The number of amides is 1. The molecular weight excluding hydrogens is 440 g/mol. The van der Waals surface area contributed by atoms with Gasteiger partial charge < -0.3 is 24.1 Å². The van der Waals surface area contributed by atoms with E-state index in [9.17, 15) is 4.79 Å². The lowest BCUT2D eigenvalue weighted by molar-refractivity contribution is -0.135. The van der Waals surface area contributed by atoms with Crippen LogP contribution in [-0.4, -0.2) is 49.2 Å². The van der Waals surface area contributed by atoms with E-state index in [2.05, 4.69) is 17.1 Å². The number of benzene rings is 3. The number of nitrogens with one attached hydrogen (secondary N) is 1. The maximum atomic E-state index is 13.3. The summed E-state index contributed by atoms with van der Waals surface area (Å²) in [5.41, 5.74) is 4.24. The van der Waals surface area contributed by atoms with Crippen molar-refractivity contribution in [3.63, 3.8) is 0 Å². The van der Waals surface area contributed by atoms with Gasteiger partial charge in [0, 0.05) is 42.5 Å². The zero-order valence-corrected chi connectivity index (χ0v) is 19.9. The van der Waals surface area contributed by atoms with E-state index >= 15 is 0 Å². The summed E-state index contributed by atoms with van der Waals surface area (Å²) < 4.78 is 17.0. The van der Waals surface area contributed by atoms with E-state index < -0.39 is 0 Å². The van der Waals surface area contributed by atoms with Crippen LogP contribution in [0.2, 0.25) is 0 Å². The zero-order valence-electron chi connectivity index (χ0n) is 19.9. The van der Waals surface area contributed by atoms with Crippen LogP contribution in [0.5, 0.6) is 11.5 Å². The SMILES string of the molecule is COc1ccc2[nH]cc(C(CC(=O)N3CCOCC3)c3cccc(OCc4ccccc4)c3)c2c1. The van der Waals surface area contributed by atoms with Gasteiger partial charge in [-0.1, -0.05) is 42.5 Å². The minimum absolute atomic E-state index is 0.131. The van der Waals surface area contributed by atoms with Crippen LogP contribution in [0, 0.1) is 0 Å². The Bertz CT molecular complexity index is 1280. The van der Waals surface area contributed by atoms with E-state index in [0.29, 0.717) is 39.3 Å². The number of fused-ring (bicyclic) bond motifs is 1. The van der Waals surface area contributed by atoms with Gasteiger partial charge in [-0.05, 0) is 47.0 Å². The number of carbonyl (C=O) groups excluding carboxylic acids is 1. The number of morpholine rings is 1. The van der Waals surface area contributed by atoms with E-state index in [1.54, 1.807) is 7.11 Å². The predicted molar refractivity (Wildman–Crippen MR) is 136 cm³/mol. The standard InChI is InChI=1S/C29H30N2O4/c1-33-23-10-11-28-26(17-23)27(19-30-28)25(18-29(32)31-12-14-34-15-13-31)22-8-5-9-24(16-22)35-20-21-6-3-2-4-7-21/h2-11,16-17,19,25,30H,12-15,18,20H2,1H3. The fourth-order valence-corrected chi connectivity index (χ4v) is 4.62. The Balaban J connectivity index is 1.47. The van der Waals surface area contributed by atoms with Gasteiger partial charge in [-0.15, -0.1) is 0 Å². The molecule has 3 aromatic carbocycles. The van der Waals surface area contributed by atoms with Crippen molar-refractivity contribution in [3.05, 3.63) is 95.7 Å². The lowest BCUT2D eigenvalue weighted by atomic mass is 9.87. The molecule has 6 nitrogen and oxygen atoms in total. The molecule has 0 saturated carbocycles. The lowest BCUT2D eigenvalue weighted by Crippen LogP contribution is -2.41. The lowest BCUT2D eigenvalue weighted by Gasteiger charge is -2.29. The van der Waals surface area contributed by atoms with Gasteiger partial charge in [0.1, 0.15) is 18.1 Å². The van der Waals surface area contributed by atoms with Crippen molar-refractivity contribution >= 4 is 16.8 Å². The summed E-state index contributed by atoms with van der Waals surface area (Å²) in [7, 11) is 1.67. The van der Waals surface area contributed by atoms with E-state index in [0.717, 1.165) is 39.1 Å². The molecule has 1 unspecified atom stereocenters. The first-order chi connectivity index (χ1) is 17.2. The molecule has 1 aliphatic rings. The highest BCUT2D eigenvalue weighted by Gasteiger charge is 2.26. The van der Waals surface area contributed by atoms with Crippen LogP contribution < -0.4 is 9.47 Å². The molecule has 1 aliphatic heterocycles. The molecule has 1 saturated heterocycles. The number of H-pyrrole nitrogens is 1. The number of methoxy groups -OCH3 is 1. The zero-order chi connectivity index (χ0) is 24.0. The summed E-state index contributed by atoms with van der Waals surface area (Å²) in [6.07, 6.45) is 2.38. The number of nitrogens with zero attached hydrogens (tertiary/aromatic N) is 1. The molecule has 0 radical (unpaired) electrons. The van der Waals surface area contributed by atoms with E-state index in [-0.39, 0.29) is 11.8 Å². The Kier molecular flexibility index (Phi) is 7.00. The molecule has 0 spiro atoms. The van der Waals surface area contributed by atoms with Crippen molar-refractivity contribution in [1.29, 1.82) is 0 Å². The van der Waals surface area contributed by atoms with Crippen molar-refractivity contribution in [3.8, 4) is 11.5 Å². The minimum Gasteiger partial charge on any atom is -0.497 e. The second-order valence-corrected chi connectivity index (χ2v) is 8.75. The fourth-order valence-electron chi connectivity index (χ4n) is 4.62. The van der Waals surface area contributed by atoms with E-state index in [1.807, 2.05) is 71.8 Å². The van der Waals surface area contributed by atoms with Crippen LogP contribution in [0.15, 0.2) is 79.0 Å². The molecule has 180 valence electrons. The Labute approximate surface area is 205 Å². The van der Waals surface area contributed by atoms with Gasteiger partial charge in [-0.25, -0.2) is 0 Å². The topological polar surface area (TPSA) is 63.8 Å². The Hall–Kier alpha value is -3.77. The van der Waals surface area contributed by atoms with Crippen LogP contribution in [0.1, 0.15) is 29.0 Å². The number of hydrogen-bond donors (Lipinski definition) is 1. The number of aromatic nitrogens is 1. The third-order valence-electron chi connectivity index (χ3n) is 6.55. The van der Waals surface area contributed by atoms with E-state index in [4.69, 9.17) is 14.2 Å². The van der Waals surface area contributed by atoms with Crippen LogP contribution in [0.25, 0.3) is 10.9 Å². The quantitative estimate of drug-likeness (QED) is 0.388. The first kappa shape index (κ1) is 23.0. The molecular formula is C29H30N2O4. The molecule has 1 amide bonds. The molecule has 0 aliphatic carbocycles. The highest BCUT2D eigenvalue weighted by Crippen LogP contribution is 2.36. The van der Waals surface area contributed by atoms with Crippen molar-refractivity contribution in [1.82, 2.24) is 9.88 Å². The minimum atomic E-state index is -0.133. The van der Waals surface area contributed by atoms with Gasteiger partial charge in [0.2, 0.25) is 5.91 Å². The molecule has 1 atom stereocenters. The molecule has 1 aromatic heterocycles. The van der Waals surface area contributed by atoms with Crippen LogP contribution in [0.3, 0.4) is 0 Å². The Morgan fingerprint density at radius 2 is 1.83 bits per heavy atom. The van der Waals surface area contributed by atoms with Gasteiger partial charge in [0.15, 0.2) is 0 Å². The molecule has 4 aromatic rings. The second kappa shape index (κ2) is 10.7. The Morgan fingerprint density at radius 1 is 1.00 bits per heavy atom. The summed E-state index contributed by atoms with van der Waals surface area (Å²) in [5, 5.41) is 1.06. The molecule has 2 heterocycles. The number of aromatic amines is 1. The number of ether oxygens (including phenoxy) is 3. The molecule has 1 N–H and O–H groups in total. The van der Waals surface area contributed by atoms with E-state index in [1.165, 1.54) is 0 Å². The third kappa shape index (κ3) is 5.33. The molecule has 5 rings (SSSR count). The number of rotatable bonds is 8. The van der Waals surface area contributed by atoms with Gasteiger partial charge in [0.25, 0.3) is 0 Å². The summed E-state index contributed by atoms with van der Waals surface area (Å²) in [6.45, 7) is 2.93. The Morgan fingerprint density at radius 3 is 2.63 bits per heavy atom. The smallest absolute Gasteiger partial charge is 0.223 e. The predicted octanol–water partition coefficient (Wildman–Crippen LogP) is 5.14. The largest absolute Gasteiger partial charge is 0.497 e. The van der Waals surface area contributed by atoms with Crippen LogP contribution in [-0.2, 0) is 16.1 Å². The van der Waals surface area contributed by atoms with Gasteiger partial charge >= 0.3 is 0 Å². The average Bonchev–Trinajstić information content (AvgIpc) is 3.34. The molecule has 6 heteroatoms. The van der Waals surface area contributed by atoms with Crippen molar-refractivity contribution < 1.29 is 19.0 Å². The fraction of sp³-hybridized carbons (Fsp3) is 0.276. The maximum absolute atomic E-state index is 13.3. The van der Waals surface area contributed by atoms with Gasteiger partial charge in [0.05, 0.1) is 20.3 Å². The summed E-state index contributed by atoms with van der Waals surface area (Å²) in [6, 6.07) is 24.2. The van der Waals surface area contributed by atoms with Gasteiger partial charge in [-0.2, -0.15) is 0 Å². The van der Waals surface area contributed by atoms with Gasteiger partial charge in [-0.3, -0.25) is 4.79 Å². The van der Waals surface area contributed by atoms with Crippen molar-refractivity contribution in [2.75, 3.05) is 33.4 Å². The highest BCUT2D eigenvalue weighted by atomic mass is 16.5. The van der Waals surface area contributed by atoms with Crippen LogP contribution in [0.4, 0.5) is 0 Å². The second-order valence-electron chi connectivity index (χ2n) is 8.75. The monoisotopic (exact) mass is 470 g/mol. The molecule has 1 fully saturated rings. The maximum Gasteiger partial charge on any atom is 0.223 e.